The van der Waals surface area contributed by atoms with Crippen LogP contribution in [0.4, 0.5) is 0 Å². The van der Waals surface area contributed by atoms with E-state index in [0.29, 0.717) is 32.7 Å². The first-order valence-electron chi connectivity index (χ1n) is 7.69. The van der Waals surface area contributed by atoms with Crippen LogP contribution in [-0.4, -0.2) is 22.5 Å². The molecule has 3 unspecified atom stereocenters. The molecule has 1 saturated carbocycles. The number of halogens is 2. The van der Waals surface area contributed by atoms with Crippen LogP contribution in [0.5, 0.6) is 0 Å². The average molecular weight is 348 g/mol. The Bertz CT molecular complexity index is 475. The second-order valence-corrected chi connectivity index (χ2v) is 7.96. The van der Waals surface area contributed by atoms with Gasteiger partial charge in [0.25, 0.3) is 0 Å². The van der Waals surface area contributed by atoms with Crippen LogP contribution >= 0.6 is 23.2 Å². The Hall–Kier alpha value is -0.0900. The lowest BCUT2D eigenvalue weighted by Crippen LogP contribution is -2.33. The highest BCUT2D eigenvalue weighted by Crippen LogP contribution is 2.31. The summed E-state index contributed by atoms with van der Waals surface area (Å²) in [5.74, 6) is 1.26. The van der Waals surface area contributed by atoms with Crippen molar-refractivity contribution in [2.45, 2.75) is 50.0 Å². The zero-order valence-corrected chi connectivity index (χ0v) is 14.7. The zero-order chi connectivity index (χ0) is 15.2. The van der Waals surface area contributed by atoms with Crippen LogP contribution in [0.2, 0.25) is 10.0 Å². The van der Waals surface area contributed by atoms with Crippen molar-refractivity contribution >= 4 is 34.0 Å². The van der Waals surface area contributed by atoms with Gasteiger partial charge < -0.3 is 5.32 Å². The summed E-state index contributed by atoms with van der Waals surface area (Å²) in [6.07, 6.45) is 5.87. The minimum absolute atomic E-state index is 0.507. The Labute approximate surface area is 140 Å². The van der Waals surface area contributed by atoms with E-state index in [-0.39, 0.29) is 0 Å². The van der Waals surface area contributed by atoms with Crippen molar-refractivity contribution < 1.29 is 4.21 Å². The highest BCUT2D eigenvalue weighted by atomic mass is 35.5. The molecular formula is C16H23Cl2NOS. The van der Waals surface area contributed by atoms with Crippen LogP contribution in [0.25, 0.3) is 0 Å². The predicted molar refractivity (Wildman–Crippen MR) is 91.8 cm³/mol. The quantitative estimate of drug-likeness (QED) is 0.776. The summed E-state index contributed by atoms with van der Waals surface area (Å²) in [6.45, 7) is 3.26. The van der Waals surface area contributed by atoms with Gasteiger partial charge in [-0.1, -0.05) is 42.6 Å². The first kappa shape index (κ1) is 17.3. The van der Waals surface area contributed by atoms with Gasteiger partial charge in [-0.15, -0.1) is 0 Å². The third kappa shape index (κ3) is 4.69. The molecule has 1 aromatic rings. The van der Waals surface area contributed by atoms with Crippen molar-refractivity contribution in [2.24, 2.45) is 5.92 Å². The van der Waals surface area contributed by atoms with Gasteiger partial charge in [0, 0.05) is 11.8 Å². The number of benzene rings is 1. The minimum Gasteiger partial charge on any atom is -0.314 e. The van der Waals surface area contributed by atoms with Gasteiger partial charge in [-0.2, -0.15) is 0 Å². The Kier molecular flexibility index (Phi) is 7.00. The lowest BCUT2D eigenvalue weighted by molar-refractivity contribution is 0.393. The van der Waals surface area contributed by atoms with Gasteiger partial charge >= 0.3 is 0 Å². The van der Waals surface area contributed by atoms with E-state index in [1.807, 2.05) is 0 Å². The van der Waals surface area contributed by atoms with Crippen molar-refractivity contribution in [3.05, 3.63) is 28.2 Å². The van der Waals surface area contributed by atoms with E-state index >= 15 is 0 Å². The third-order valence-corrected chi connectivity index (χ3v) is 6.49. The van der Waals surface area contributed by atoms with Crippen LogP contribution in [0, 0.1) is 5.92 Å². The SMILES string of the molecule is CCCNC1CCCC1CCS(=O)c1c(Cl)cccc1Cl. The molecule has 5 heteroatoms. The lowest BCUT2D eigenvalue weighted by atomic mass is 10.0. The largest absolute Gasteiger partial charge is 0.314 e. The molecule has 0 amide bonds. The fraction of sp³-hybridized carbons (Fsp3) is 0.625. The maximum absolute atomic E-state index is 12.5. The average Bonchev–Trinajstić information content (AvgIpc) is 2.90. The van der Waals surface area contributed by atoms with E-state index in [1.54, 1.807) is 18.2 Å². The molecule has 1 aliphatic carbocycles. The molecule has 21 heavy (non-hydrogen) atoms. The summed E-state index contributed by atoms with van der Waals surface area (Å²) in [5.41, 5.74) is 0. The van der Waals surface area contributed by atoms with Gasteiger partial charge in [-0.25, -0.2) is 0 Å². The first-order chi connectivity index (χ1) is 10.1. The molecule has 118 valence electrons. The van der Waals surface area contributed by atoms with Crippen molar-refractivity contribution in [1.82, 2.24) is 5.32 Å². The molecule has 0 spiro atoms. The summed E-state index contributed by atoms with van der Waals surface area (Å²) >= 11 is 12.3. The minimum atomic E-state index is -1.11. The molecule has 0 aliphatic heterocycles. The zero-order valence-electron chi connectivity index (χ0n) is 12.4. The topological polar surface area (TPSA) is 29.1 Å². The van der Waals surface area contributed by atoms with Crippen LogP contribution in [-0.2, 0) is 10.8 Å². The van der Waals surface area contributed by atoms with Crippen molar-refractivity contribution in [3.8, 4) is 0 Å². The fourth-order valence-electron chi connectivity index (χ4n) is 3.04. The Morgan fingerprint density at radius 3 is 2.67 bits per heavy atom. The van der Waals surface area contributed by atoms with Gasteiger partial charge in [-0.05, 0) is 50.3 Å². The van der Waals surface area contributed by atoms with Crippen LogP contribution in [0.1, 0.15) is 39.0 Å². The van der Waals surface area contributed by atoms with Crippen LogP contribution in [0.3, 0.4) is 0 Å². The van der Waals surface area contributed by atoms with Crippen LogP contribution < -0.4 is 5.32 Å². The van der Waals surface area contributed by atoms with E-state index in [2.05, 4.69) is 12.2 Å². The lowest BCUT2D eigenvalue weighted by Gasteiger charge is -2.20. The second-order valence-electron chi connectivity index (χ2n) is 5.64. The molecule has 1 fully saturated rings. The summed E-state index contributed by atoms with van der Waals surface area (Å²) in [5, 5.41) is 4.63. The van der Waals surface area contributed by atoms with Gasteiger partial charge in [0.2, 0.25) is 0 Å². The number of hydrogen-bond donors (Lipinski definition) is 1. The monoisotopic (exact) mass is 347 g/mol. The number of hydrogen-bond acceptors (Lipinski definition) is 2. The molecule has 1 aliphatic rings. The van der Waals surface area contributed by atoms with E-state index < -0.39 is 10.8 Å². The van der Waals surface area contributed by atoms with Gasteiger partial charge in [0.05, 0.1) is 25.7 Å². The molecule has 0 aromatic heterocycles. The summed E-state index contributed by atoms with van der Waals surface area (Å²) < 4.78 is 12.5. The van der Waals surface area contributed by atoms with Crippen molar-refractivity contribution in [1.29, 1.82) is 0 Å². The van der Waals surface area contributed by atoms with Gasteiger partial charge in [-0.3, -0.25) is 4.21 Å². The van der Waals surface area contributed by atoms with E-state index in [4.69, 9.17) is 23.2 Å². The molecule has 2 nitrogen and oxygen atoms in total. The molecule has 0 saturated heterocycles. The molecule has 2 rings (SSSR count). The second kappa shape index (κ2) is 8.52. The number of rotatable bonds is 7. The molecule has 1 aromatic carbocycles. The van der Waals surface area contributed by atoms with Gasteiger partial charge in [0.15, 0.2) is 0 Å². The van der Waals surface area contributed by atoms with E-state index in [1.165, 1.54) is 19.3 Å². The Morgan fingerprint density at radius 2 is 2.00 bits per heavy atom. The van der Waals surface area contributed by atoms with E-state index in [0.717, 1.165) is 19.4 Å². The molecule has 0 bridgehead atoms. The highest BCUT2D eigenvalue weighted by Gasteiger charge is 2.27. The van der Waals surface area contributed by atoms with Crippen molar-refractivity contribution in [3.63, 3.8) is 0 Å². The van der Waals surface area contributed by atoms with Crippen LogP contribution in [0.15, 0.2) is 23.1 Å². The summed E-state index contributed by atoms with van der Waals surface area (Å²) in [4.78, 5) is 0.594. The maximum atomic E-state index is 12.5. The Morgan fingerprint density at radius 1 is 1.29 bits per heavy atom. The summed E-state index contributed by atoms with van der Waals surface area (Å²) in [7, 11) is -1.11. The molecular weight excluding hydrogens is 325 g/mol. The molecule has 0 radical (unpaired) electrons. The van der Waals surface area contributed by atoms with E-state index in [9.17, 15) is 4.21 Å². The smallest absolute Gasteiger partial charge is 0.0760 e. The first-order valence-corrected chi connectivity index (χ1v) is 9.76. The molecule has 3 atom stereocenters. The maximum Gasteiger partial charge on any atom is 0.0760 e. The normalized spacial score (nSPS) is 23.4. The van der Waals surface area contributed by atoms with Gasteiger partial charge in [0.1, 0.15) is 0 Å². The molecule has 0 heterocycles. The Balaban J connectivity index is 1.92. The predicted octanol–water partition coefficient (Wildman–Crippen LogP) is 4.66. The summed E-state index contributed by atoms with van der Waals surface area (Å²) in [6, 6.07) is 5.88. The fourth-order valence-corrected chi connectivity index (χ4v) is 5.25. The highest BCUT2D eigenvalue weighted by molar-refractivity contribution is 7.85. The van der Waals surface area contributed by atoms with Crippen molar-refractivity contribution in [2.75, 3.05) is 12.3 Å². The standard InChI is InChI=1S/C16H23Cl2NOS/c1-2-10-19-15-8-3-5-12(15)9-11-21(20)16-13(17)6-4-7-14(16)18/h4,6-7,12,15,19H,2-3,5,8-11H2,1H3. The third-order valence-electron chi connectivity index (χ3n) is 4.14. The number of nitrogens with one attached hydrogen (secondary N) is 1. The molecule has 1 N–H and O–H groups in total.